The summed E-state index contributed by atoms with van der Waals surface area (Å²) in [6.45, 7) is 7.73. The quantitative estimate of drug-likeness (QED) is 0.248. The number of methoxy groups -OCH3 is 1. The van der Waals surface area contributed by atoms with Crippen molar-refractivity contribution in [2.45, 2.75) is 19.9 Å². The second kappa shape index (κ2) is 13.1. The minimum Gasteiger partial charge on any atom is -0.382 e. The monoisotopic (exact) mass is 491 g/mol. The Morgan fingerprint density at radius 2 is 2.22 bits per heavy atom. The number of ether oxygens (including phenoxy) is 2. The Kier molecular flexibility index (Phi) is 11.6. The summed E-state index contributed by atoms with van der Waals surface area (Å²) < 4.78 is 10.7. The maximum atomic E-state index is 5.69. The maximum absolute atomic E-state index is 5.69. The van der Waals surface area contributed by atoms with Gasteiger partial charge in [-0.05, 0) is 31.0 Å². The number of hydrogen-bond acceptors (Lipinski definition) is 5. The van der Waals surface area contributed by atoms with Gasteiger partial charge in [-0.25, -0.2) is 9.98 Å². The molecule has 2 heterocycles. The predicted molar refractivity (Wildman–Crippen MR) is 121 cm³/mol. The van der Waals surface area contributed by atoms with Crippen LogP contribution >= 0.6 is 24.0 Å². The van der Waals surface area contributed by atoms with Crippen LogP contribution in [0.5, 0.6) is 0 Å². The fourth-order valence-electron chi connectivity index (χ4n) is 2.95. The van der Waals surface area contributed by atoms with Gasteiger partial charge in [-0.2, -0.15) is 0 Å². The Hall–Kier alpha value is -1.13. The zero-order valence-corrected chi connectivity index (χ0v) is 19.3. The van der Waals surface area contributed by atoms with E-state index in [1.165, 1.54) is 0 Å². The second-order valence-electron chi connectivity index (χ2n) is 6.76. The number of aromatic nitrogens is 1. The van der Waals surface area contributed by atoms with Gasteiger partial charge in [0.25, 0.3) is 0 Å². The summed E-state index contributed by atoms with van der Waals surface area (Å²) in [5.41, 5.74) is 1.16. The van der Waals surface area contributed by atoms with E-state index in [1.54, 1.807) is 7.11 Å². The van der Waals surface area contributed by atoms with Crippen molar-refractivity contribution >= 4 is 35.8 Å². The highest BCUT2D eigenvalue weighted by atomic mass is 127. The Balaban J connectivity index is 0.00000364. The molecule has 0 aromatic carbocycles. The summed E-state index contributed by atoms with van der Waals surface area (Å²) >= 11 is 0. The molecule has 0 saturated carbocycles. The smallest absolute Gasteiger partial charge is 0.194 e. The molecule has 27 heavy (non-hydrogen) atoms. The van der Waals surface area contributed by atoms with Gasteiger partial charge in [0, 0.05) is 53.0 Å². The summed E-state index contributed by atoms with van der Waals surface area (Å²) in [6.07, 6.45) is 2.98. The van der Waals surface area contributed by atoms with E-state index in [-0.39, 0.29) is 24.0 Å². The topological polar surface area (TPSA) is 62.2 Å². The fraction of sp³-hybridized carbons (Fsp3) is 0.684. The zero-order valence-electron chi connectivity index (χ0n) is 17.0. The summed E-state index contributed by atoms with van der Waals surface area (Å²) in [7, 11) is 5.70. The van der Waals surface area contributed by atoms with Gasteiger partial charge in [-0.15, -0.1) is 24.0 Å². The van der Waals surface area contributed by atoms with Gasteiger partial charge in [0.1, 0.15) is 5.82 Å². The number of guanidine groups is 1. The van der Waals surface area contributed by atoms with Crippen molar-refractivity contribution in [2.24, 2.45) is 10.9 Å². The van der Waals surface area contributed by atoms with Crippen molar-refractivity contribution in [1.82, 2.24) is 15.2 Å². The van der Waals surface area contributed by atoms with Crippen LogP contribution in [-0.4, -0.2) is 76.5 Å². The third-order valence-electron chi connectivity index (χ3n) is 4.39. The number of pyridine rings is 1. The molecule has 0 amide bonds. The maximum Gasteiger partial charge on any atom is 0.194 e. The molecule has 7 nitrogen and oxygen atoms in total. The molecule has 2 rings (SSSR count). The van der Waals surface area contributed by atoms with Crippen molar-refractivity contribution in [3.05, 3.63) is 23.9 Å². The van der Waals surface area contributed by atoms with E-state index in [0.717, 1.165) is 50.0 Å². The van der Waals surface area contributed by atoms with Crippen molar-refractivity contribution in [1.29, 1.82) is 0 Å². The standard InChI is InChI=1S/C19H33N5O2.HI/c1-5-20-19(22-13-16-6-8-21-18(12-16)23(2)3)24-9-7-17(14-24)15-26-11-10-25-4;/h6,8,12,17H,5,7,9-11,13-15H2,1-4H3,(H,20,22);1H. The van der Waals surface area contributed by atoms with Crippen molar-refractivity contribution in [2.75, 3.05) is 65.6 Å². The van der Waals surface area contributed by atoms with E-state index in [0.29, 0.717) is 25.7 Å². The number of rotatable bonds is 9. The minimum absolute atomic E-state index is 0. The van der Waals surface area contributed by atoms with E-state index in [4.69, 9.17) is 14.5 Å². The third kappa shape index (κ3) is 8.18. The number of anilines is 1. The molecule has 8 heteroatoms. The normalized spacial score (nSPS) is 17.0. The molecule has 1 aromatic heterocycles. The van der Waals surface area contributed by atoms with E-state index >= 15 is 0 Å². The lowest BCUT2D eigenvalue weighted by Gasteiger charge is -2.22. The average Bonchev–Trinajstić information content (AvgIpc) is 3.11. The molecule has 0 radical (unpaired) electrons. The number of halogens is 1. The summed E-state index contributed by atoms with van der Waals surface area (Å²) in [6, 6.07) is 4.11. The van der Waals surface area contributed by atoms with Crippen LogP contribution in [0.15, 0.2) is 23.3 Å². The Morgan fingerprint density at radius 3 is 2.93 bits per heavy atom. The first-order chi connectivity index (χ1) is 12.6. The Labute approximate surface area is 180 Å². The van der Waals surface area contributed by atoms with Crippen LogP contribution in [0.25, 0.3) is 0 Å². The minimum atomic E-state index is 0. The van der Waals surface area contributed by atoms with Crippen LogP contribution in [0, 0.1) is 5.92 Å². The summed E-state index contributed by atoms with van der Waals surface area (Å²) in [5, 5.41) is 3.42. The molecule has 1 saturated heterocycles. The van der Waals surface area contributed by atoms with Crippen LogP contribution in [-0.2, 0) is 16.0 Å². The lowest BCUT2D eigenvalue weighted by Crippen LogP contribution is -2.40. The summed E-state index contributed by atoms with van der Waals surface area (Å²) in [5.74, 6) is 2.49. The van der Waals surface area contributed by atoms with Crippen LogP contribution < -0.4 is 10.2 Å². The lowest BCUT2D eigenvalue weighted by molar-refractivity contribution is 0.0536. The zero-order chi connectivity index (χ0) is 18.8. The molecule has 1 atom stereocenters. The average molecular weight is 491 g/mol. The number of nitrogens with zero attached hydrogens (tertiary/aromatic N) is 4. The van der Waals surface area contributed by atoms with Crippen LogP contribution in [0.4, 0.5) is 5.82 Å². The largest absolute Gasteiger partial charge is 0.382 e. The fourth-order valence-corrected chi connectivity index (χ4v) is 2.95. The molecule has 1 unspecified atom stereocenters. The second-order valence-corrected chi connectivity index (χ2v) is 6.76. The first-order valence-electron chi connectivity index (χ1n) is 9.36. The lowest BCUT2D eigenvalue weighted by atomic mass is 10.1. The van der Waals surface area contributed by atoms with Gasteiger partial charge in [0.2, 0.25) is 0 Å². The SMILES string of the molecule is CCNC(=NCc1ccnc(N(C)C)c1)N1CCC(COCCOC)C1.I. The highest BCUT2D eigenvalue weighted by Crippen LogP contribution is 2.17. The number of aliphatic imine (C=N–C) groups is 1. The van der Waals surface area contributed by atoms with Gasteiger partial charge in [0.05, 0.1) is 26.4 Å². The highest BCUT2D eigenvalue weighted by Gasteiger charge is 2.24. The van der Waals surface area contributed by atoms with Gasteiger partial charge >= 0.3 is 0 Å². The molecule has 1 aliphatic heterocycles. The van der Waals surface area contributed by atoms with Crippen LogP contribution in [0.1, 0.15) is 18.9 Å². The molecular formula is C19H34IN5O2. The van der Waals surface area contributed by atoms with Crippen molar-refractivity contribution < 1.29 is 9.47 Å². The van der Waals surface area contributed by atoms with Crippen molar-refractivity contribution in [3.8, 4) is 0 Å². The number of nitrogens with one attached hydrogen (secondary N) is 1. The van der Waals surface area contributed by atoms with E-state index in [9.17, 15) is 0 Å². The first-order valence-corrected chi connectivity index (χ1v) is 9.36. The third-order valence-corrected chi connectivity index (χ3v) is 4.39. The molecule has 0 aliphatic carbocycles. The predicted octanol–water partition coefficient (Wildman–Crippen LogP) is 2.22. The van der Waals surface area contributed by atoms with E-state index in [1.807, 2.05) is 31.3 Å². The van der Waals surface area contributed by atoms with Gasteiger partial charge in [-0.1, -0.05) is 0 Å². The van der Waals surface area contributed by atoms with Crippen LogP contribution in [0.3, 0.4) is 0 Å². The van der Waals surface area contributed by atoms with Crippen molar-refractivity contribution in [3.63, 3.8) is 0 Å². The highest BCUT2D eigenvalue weighted by molar-refractivity contribution is 14.0. The molecule has 0 bridgehead atoms. The van der Waals surface area contributed by atoms with Crippen LogP contribution in [0.2, 0.25) is 0 Å². The number of hydrogen-bond donors (Lipinski definition) is 1. The Bertz CT molecular complexity index is 571. The van der Waals surface area contributed by atoms with Gasteiger partial charge < -0.3 is 24.6 Å². The summed E-state index contributed by atoms with van der Waals surface area (Å²) in [4.78, 5) is 13.5. The molecule has 1 aromatic rings. The molecule has 1 fully saturated rings. The molecule has 154 valence electrons. The molecule has 1 aliphatic rings. The van der Waals surface area contributed by atoms with E-state index in [2.05, 4.69) is 28.2 Å². The molecule has 0 spiro atoms. The molecule has 1 N–H and O–H groups in total. The van der Waals surface area contributed by atoms with Gasteiger partial charge in [-0.3, -0.25) is 0 Å². The molecular weight excluding hydrogens is 457 g/mol. The Morgan fingerprint density at radius 1 is 1.41 bits per heavy atom. The first kappa shape index (κ1) is 23.9. The van der Waals surface area contributed by atoms with Gasteiger partial charge in [0.15, 0.2) is 5.96 Å². The van der Waals surface area contributed by atoms with E-state index < -0.39 is 0 Å². The number of likely N-dealkylation sites (tertiary alicyclic amines) is 1.